The Morgan fingerprint density at radius 1 is 1.00 bits per heavy atom. The van der Waals surface area contributed by atoms with Gasteiger partial charge in [0.1, 0.15) is 0 Å². The Balaban J connectivity index is 2.05. The highest BCUT2D eigenvalue weighted by Crippen LogP contribution is 2.08. The van der Waals surface area contributed by atoms with E-state index in [0.717, 1.165) is 18.7 Å². The molecule has 2 rings (SSSR count). The number of benzene rings is 1. The van der Waals surface area contributed by atoms with Gasteiger partial charge in [-0.2, -0.15) is 0 Å². The molecule has 16 heavy (non-hydrogen) atoms. The summed E-state index contributed by atoms with van der Waals surface area (Å²) in [7, 11) is 1.93. The fourth-order valence-corrected chi connectivity index (χ4v) is 1.68. The topological polar surface area (TPSA) is 24.9 Å². The van der Waals surface area contributed by atoms with Gasteiger partial charge in [-0.25, -0.2) is 0 Å². The molecule has 1 heterocycles. The molecular weight excluding hydrogens is 196 g/mol. The summed E-state index contributed by atoms with van der Waals surface area (Å²) in [5, 5.41) is 3.09. The first-order valence-corrected chi connectivity index (χ1v) is 5.51. The molecule has 0 saturated carbocycles. The molecule has 1 aromatic carbocycles. The molecule has 0 spiro atoms. The summed E-state index contributed by atoms with van der Waals surface area (Å²) in [5.74, 6) is 0. The first kappa shape index (κ1) is 10.8. The van der Waals surface area contributed by atoms with Gasteiger partial charge < -0.3 is 5.32 Å². The summed E-state index contributed by atoms with van der Waals surface area (Å²) in [4.78, 5) is 4.40. The second-order valence-electron chi connectivity index (χ2n) is 3.85. The normalized spacial score (nSPS) is 10.3. The SMILES string of the molecule is CNCc1ccc(Cc2ccccc2)cn1. The van der Waals surface area contributed by atoms with Gasteiger partial charge in [-0.15, -0.1) is 0 Å². The smallest absolute Gasteiger partial charge is 0.0541 e. The fraction of sp³-hybridized carbons (Fsp3) is 0.214. The van der Waals surface area contributed by atoms with Gasteiger partial charge in [0.05, 0.1) is 5.69 Å². The monoisotopic (exact) mass is 212 g/mol. The molecule has 0 aliphatic heterocycles. The Bertz CT molecular complexity index is 420. The maximum atomic E-state index is 4.40. The Morgan fingerprint density at radius 2 is 1.81 bits per heavy atom. The third kappa shape index (κ3) is 2.91. The Labute approximate surface area is 96.4 Å². The van der Waals surface area contributed by atoms with E-state index in [0.29, 0.717) is 0 Å². The van der Waals surface area contributed by atoms with Crippen LogP contribution in [0.5, 0.6) is 0 Å². The second kappa shape index (κ2) is 5.42. The van der Waals surface area contributed by atoms with Crippen molar-refractivity contribution in [1.29, 1.82) is 0 Å². The maximum absolute atomic E-state index is 4.40. The summed E-state index contributed by atoms with van der Waals surface area (Å²) in [5.41, 5.74) is 3.66. The first-order chi connectivity index (χ1) is 7.88. The number of aromatic nitrogens is 1. The second-order valence-corrected chi connectivity index (χ2v) is 3.85. The van der Waals surface area contributed by atoms with E-state index in [4.69, 9.17) is 0 Å². The van der Waals surface area contributed by atoms with Gasteiger partial charge in [-0.05, 0) is 30.7 Å². The lowest BCUT2D eigenvalue weighted by molar-refractivity contribution is 0.789. The van der Waals surface area contributed by atoms with Crippen LogP contribution in [0, 0.1) is 0 Å². The van der Waals surface area contributed by atoms with Gasteiger partial charge in [-0.3, -0.25) is 4.98 Å². The van der Waals surface area contributed by atoms with E-state index in [1.165, 1.54) is 11.1 Å². The molecule has 2 aromatic rings. The highest BCUT2D eigenvalue weighted by Gasteiger charge is 1.97. The quantitative estimate of drug-likeness (QED) is 0.841. The van der Waals surface area contributed by atoms with Crippen molar-refractivity contribution >= 4 is 0 Å². The van der Waals surface area contributed by atoms with Crippen molar-refractivity contribution in [1.82, 2.24) is 10.3 Å². The molecule has 1 N–H and O–H groups in total. The van der Waals surface area contributed by atoms with E-state index < -0.39 is 0 Å². The molecule has 0 atom stereocenters. The van der Waals surface area contributed by atoms with Crippen LogP contribution < -0.4 is 5.32 Å². The van der Waals surface area contributed by atoms with Crippen molar-refractivity contribution in [2.24, 2.45) is 0 Å². The molecule has 82 valence electrons. The molecule has 0 bridgehead atoms. The van der Waals surface area contributed by atoms with E-state index in [9.17, 15) is 0 Å². The molecule has 0 saturated heterocycles. The molecule has 2 heteroatoms. The number of nitrogens with one attached hydrogen (secondary N) is 1. The van der Waals surface area contributed by atoms with Crippen LogP contribution in [-0.4, -0.2) is 12.0 Å². The number of pyridine rings is 1. The molecule has 0 aliphatic carbocycles. The minimum absolute atomic E-state index is 0.825. The number of rotatable bonds is 4. The third-order valence-electron chi connectivity index (χ3n) is 2.49. The van der Waals surface area contributed by atoms with Crippen molar-refractivity contribution in [2.45, 2.75) is 13.0 Å². The average molecular weight is 212 g/mol. The minimum atomic E-state index is 0.825. The molecule has 1 aromatic heterocycles. The van der Waals surface area contributed by atoms with Gasteiger partial charge in [-0.1, -0.05) is 36.4 Å². The van der Waals surface area contributed by atoms with E-state index in [1.54, 1.807) is 0 Å². The maximum Gasteiger partial charge on any atom is 0.0541 e. The molecule has 0 fully saturated rings. The van der Waals surface area contributed by atoms with Crippen molar-refractivity contribution in [3.63, 3.8) is 0 Å². The Kier molecular flexibility index (Phi) is 3.67. The van der Waals surface area contributed by atoms with Crippen LogP contribution in [0.1, 0.15) is 16.8 Å². The minimum Gasteiger partial charge on any atom is -0.314 e. The predicted octanol–water partition coefficient (Wildman–Crippen LogP) is 2.39. The van der Waals surface area contributed by atoms with E-state index in [1.807, 2.05) is 19.3 Å². The summed E-state index contributed by atoms with van der Waals surface area (Å²) in [6.07, 6.45) is 2.91. The van der Waals surface area contributed by atoms with Gasteiger partial charge in [0.2, 0.25) is 0 Å². The highest BCUT2D eigenvalue weighted by atomic mass is 14.8. The Hall–Kier alpha value is -1.67. The standard InChI is InChI=1S/C14H16N2/c1-15-11-14-8-7-13(10-16-14)9-12-5-3-2-4-6-12/h2-8,10,15H,9,11H2,1H3. The van der Waals surface area contributed by atoms with Crippen LogP contribution in [0.25, 0.3) is 0 Å². The summed E-state index contributed by atoms with van der Waals surface area (Å²) in [6, 6.07) is 14.7. The zero-order valence-electron chi connectivity index (χ0n) is 9.48. The lowest BCUT2D eigenvalue weighted by Crippen LogP contribution is -2.06. The van der Waals surface area contributed by atoms with E-state index >= 15 is 0 Å². The molecule has 0 aliphatic rings. The van der Waals surface area contributed by atoms with Crippen LogP contribution >= 0.6 is 0 Å². The molecular formula is C14H16N2. The first-order valence-electron chi connectivity index (χ1n) is 5.51. The van der Waals surface area contributed by atoms with Gasteiger partial charge in [0.25, 0.3) is 0 Å². The molecule has 2 nitrogen and oxygen atoms in total. The lowest BCUT2D eigenvalue weighted by Gasteiger charge is -2.03. The number of nitrogens with zero attached hydrogens (tertiary/aromatic N) is 1. The molecule has 0 radical (unpaired) electrons. The third-order valence-corrected chi connectivity index (χ3v) is 2.49. The van der Waals surface area contributed by atoms with Gasteiger partial charge in [0.15, 0.2) is 0 Å². The zero-order chi connectivity index (χ0) is 11.2. The Morgan fingerprint density at radius 3 is 2.44 bits per heavy atom. The predicted molar refractivity (Wildman–Crippen MR) is 66.2 cm³/mol. The van der Waals surface area contributed by atoms with Gasteiger partial charge in [0, 0.05) is 12.7 Å². The highest BCUT2D eigenvalue weighted by molar-refractivity contribution is 5.24. The van der Waals surface area contributed by atoms with Gasteiger partial charge >= 0.3 is 0 Å². The lowest BCUT2D eigenvalue weighted by atomic mass is 10.1. The van der Waals surface area contributed by atoms with E-state index in [2.05, 4.69) is 46.7 Å². The number of hydrogen-bond acceptors (Lipinski definition) is 2. The summed E-state index contributed by atoms with van der Waals surface area (Å²) >= 11 is 0. The van der Waals surface area contributed by atoms with Crippen LogP contribution in [0.4, 0.5) is 0 Å². The molecule has 0 unspecified atom stereocenters. The average Bonchev–Trinajstić information content (AvgIpc) is 2.33. The largest absolute Gasteiger partial charge is 0.314 e. The number of hydrogen-bond donors (Lipinski definition) is 1. The fourth-order valence-electron chi connectivity index (χ4n) is 1.68. The van der Waals surface area contributed by atoms with Crippen molar-refractivity contribution in [2.75, 3.05) is 7.05 Å². The van der Waals surface area contributed by atoms with Crippen LogP contribution in [0.15, 0.2) is 48.7 Å². The van der Waals surface area contributed by atoms with Crippen molar-refractivity contribution < 1.29 is 0 Å². The summed E-state index contributed by atoms with van der Waals surface area (Å²) in [6.45, 7) is 0.825. The summed E-state index contributed by atoms with van der Waals surface area (Å²) < 4.78 is 0. The van der Waals surface area contributed by atoms with Crippen LogP contribution in [-0.2, 0) is 13.0 Å². The zero-order valence-corrected chi connectivity index (χ0v) is 9.48. The van der Waals surface area contributed by atoms with Crippen LogP contribution in [0.3, 0.4) is 0 Å². The van der Waals surface area contributed by atoms with Crippen molar-refractivity contribution in [3.05, 3.63) is 65.5 Å². The van der Waals surface area contributed by atoms with Crippen molar-refractivity contribution in [3.8, 4) is 0 Å². The van der Waals surface area contributed by atoms with E-state index in [-0.39, 0.29) is 0 Å². The molecule has 0 amide bonds. The van der Waals surface area contributed by atoms with Crippen LogP contribution in [0.2, 0.25) is 0 Å².